The first-order valence-corrected chi connectivity index (χ1v) is 7.68. The van der Waals surface area contributed by atoms with Crippen LogP contribution in [0.15, 0.2) is 34.1 Å². The minimum atomic E-state index is 0.163. The lowest BCUT2D eigenvalue weighted by Gasteiger charge is -2.10. The van der Waals surface area contributed by atoms with Crippen LogP contribution in [0.25, 0.3) is 0 Å². The molecule has 16 heavy (non-hydrogen) atoms. The third-order valence-electron chi connectivity index (χ3n) is 2.23. The molecule has 4 heteroatoms. The Morgan fingerprint density at radius 2 is 2.06 bits per heavy atom. The van der Waals surface area contributed by atoms with Gasteiger partial charge in [-0.2, -0.15) is 0 Å². The highest BCUT2D eigenvalue weighted by Crippen LogP contribution is 2.39. The molecule has 0 saturated heterocycles. The van der Waals surface area contributed by atoms with Gasteiger partial charge in [-0.05, 0) is 41.6 Å². The van der Waals surface area contributed by atoms with Crippen molar-refractivity contribution in [3.63, 3.8) is 0 Å². The van der Waals surface area contributed by atoms with Crippen molar-refractivity contribution in [2.24, 2.45) is 0 Å². The van der Waals surface area contributed by atoms with Crippen molar-refractivity contribution in [1.82, 2.24) is 0 Å². The summed E-state index contributed by atoms with van der Waals surface area (Å²) in [6.07, 6.45) is 0. The van der Waals surface area contributed by atoms with Gasteiger partial charge in [0.15, 0.2) is 0 Å². The Morgan fingerprint density at radius 1 is 1.31 bits per heavy atom. The highest BCUT2D eigenvalue weighted by atomic mass is 79.9. The van der Waals surface area contributed by atoms with Crippen LogP contribution < -0.4 is 0 Å². The van der Waals surface area contributed by atoms with Gasteiger partial charge in [0.25, 0.3) is 0 Å². The fraction of sp³-hybridized carbons (Fsp3) is 0.167. The van der Waals surface area contributed by atoms with Gasteiger partial charge < -0.3 is 0 Å². The number of hydrogen-bond donors (Lipinski definition) is 0. The number of alkyl halides is 1. The molecule has 0 aliphatic rings. The van der Waals surface area contributed by atoms with Crippen molar-refractivity contribution in [2.75, 3.05) is 0 Å². The second-order valence-electron chi connectivity index (χ2n) is 3.56. The van der Waals surface area contributed by atoms with E-state index in [9.17, 15) is 0 Å². The molecule has 1 atom stereocenters. The zero-order valence-corrected chi connectivity index (χ0v) is 13.3. The van der Waals surface area contributed by atoms with E-state index in [2.05, 4.69) is 57.0 Å². The van der Waals surface area contributed by atoms with Crippen LogP contribution in [0.2, 0.25) is 5.02 Å². The third-order valence-corrected chi connectivity index (χ3v) is 5.40. The van der Waals surface area contributed by atoms with Crippen LogP contribution in [0.5, 0.6) is 0 Å². The molecule has 0 aliphatic carbocycles. The molecule has 0 fully saturated rings. The Balaban J connectivity index is 2.41. The van der Waals surface area contributed by atoms with Crippen LogP contribution in [0, 0.1) is 6.92 Å². The maximum atomic E-state index is 6.13. The summed E-state index contributed by atoms with van der Waals surface area (Å²) in [4.78, 5) is 1.32. The first-order valence-electron chi connectivity index (χ1n) is 4.72. The Bertz CT molecular complexity index is 487. The SMILES string of the molecule is Cc1cc(Br)cc(C(Br)c2sccc2Cl)c1. The minimum Gasteiger partial charge on any atom is -0.146 e. The number of hydrogen-bond acceptors (Lipinski definition) is 1. The molecule has 1 aromatic heterocycles. The van der Waals surface area contributed by atoms with E-state index >= 15 is 0 Å². The summed E-state index contributed by atoms with van der Waals surface area (Å²) in [6, 6.07) is 8.31. The zero-order valence-electron chi connectivity index (χ0n) is 8.51. The lowest BCUT2D eigenvalue weighted by Crippen LogP contribution is -1.91. The van der Waals surface area contributed by atoms with Crippen molar-refractivity contribution < 1.29 is 0 Å². The lowest BCUT2D eigenvalue weighted by atomic mass is 10.1. The number of aryl methyl sites for hydroxylation is 1. The van der Waals surface area contributed by atoms with E-state index < -0.39 is 0 Å². The van der Waals surface area contributed by atoms with Crippen molar-refractivity contribution in [3.05, 3.63) is 55.1 Å². The second kappa shape index (κ2) is 5.21. The maximum Gasteiger partial charge on any atom is 0.0753 e. The lowest BCUT2D eigenvalue weighted by molar-refractivity contribution is 1.20. The van der Waals surface area contributed by atoms with Crippen LogP contribution in [0.3, 0.4) is 0 Å². The van der Waals surface area contributed by atoms with Crippen molar-refractivity contribution in [1.29, 1.82) is 0 Å². The molecule has 0 saturated carbocycles. The summed E-state index contributed by atoms with van der Waals surface area (Å²) in [5.74, 6) is 0. The Kier molecular flexibility index (Phi) is 4.11. The zero-order chi connectivity index (χ0) is 11.7. The molecule has 0 nitrogen and oxygen atoms in total. The monoisotopic (exact) mass is 378 g/mol. The van der Waals surface area contributed by atoms with E-state index in [1.165, 1.54) is 11.1 Å². The molecular weight excluding hydrogens is 371 g/mol. The predicted molar refractivity (Wildman–Crippen MR) is 79.0 cm³/mol. The molecule has 2 rings (SSSR count). The standard InChI is InChI=1S/C12H9Br2ClS/c1-7-4-8(6-9(13)5-7)11(14)12-10(15)2-3-16-12/h2-6,11H,1H3. The van der Waals surface area contributed by atoms with Crippen LogP contribution in [-0.2, 0) is 0 Å². The summed E-state index contributed by atoms with van der Waals surface area (Å²) < 4.78 is 1.10. The molecule has 1 heterocycles. The Labute approximate surface area is 121 Å². The van der Waals surface area contributed by atoms with Gasteiger partial charge in [-0.15, -0.1) is 11.3 Å². The fourth-order valence-corrected chi connectivity index (χ4v) is 4.31. The molecule has 2 aromatic rings. The molecule has 1 aromatic carbocycles. The number of halogens is 3. The van der Waals surface area contributed by atoms with E-state index in [0.717, 1.165) is 14.4 Å². The predicted octanol–water partition coefficient (Wildman–Crippen LogP) is 5.96. The van der Waals surface area contributed by atoms with Crippen LogP contribution in [0.1, 0.15) is 20.8 Å². The molecule has 0 bridgehead atoms. The van der Waals surface area contributed by atoms with Crippen molar-refractivity contribution in [2.45, 2.75) is 11.8 Å². The van der Waals surface area contributed by atoms with Gasteiger partial charge in [0.1, 0.15) is 0 Å². The van der Waals surface area contributed by atoms with Gasteiger partial charge >= 0.3 is 0 Å². The highest BCUT2D eigenvalue weighted by Gasteiger charge is 2.15. The van der Waals surface area contributed by atoms with Gasteiger partial charge in [-0.25, -0.2) is 0 Å². The summed E-state index contributed by atoms with van der Waals surface area (Å²) in [5, 5.41) is 2.83. The smallest absolute Gasteiger partial charge is 0.0753 e. The van der Waals surface area contributed by atoms with Gasteiger partial charge in [0, 0.05) is 9.35 Å². The first kappa shape index (κ1) is 12.6. The molecule has 0 aliphatic heterocycles. The normalized spacial score (nSPS) is 12.8. The fourth-order valence-electron chi connectivity index (χ4n) is 1.55. The second-order valence-corrected chi connectivity index (χ2v) is 6.74. The van der Waals surface area contributed by atoms with E-state index in [4.69, 9.17) is 11.6 Å². The van der Waals surface area contributed by atoms with E-state index in [-0.39, 0.29) is 4.83 Å². The van der Waals surface area contributed by atoms with Crippen LogP contribution in [0.4, 0.5) is 0 Å². The topological polar surface area (TPSA) is 0 Å². The number of rotatable bonds is 2. The molecule has 0 spiro atoms. The maximum absolute atomic E-state index is 6.13. The molecule has 0 N–H and O–H groups in total. The molecular formula is C12H9Br2ClS. The minimum absolute atomic E-state index is 0.163. The van der Waals surface area contributed by atoms with Gasteiger partial charge in [0.05, 0.1) is 9.85 Å². The Hall–Kier alpha value is 0.170. The quantitative estimate of drug-likeness (QED) is 0.564. The third kappa shape index (κ3) is 2.70. The van der Waals surface area contributed by atoms with Crippen LogP contribution in [-0.4, -0.2) is 0 Å². The van der Waals surface area contributed by atoms with Crippen LogP contribution >= 0.6 is 54.8 Å². The number of benzene rings is 1. The van der Waals surface area contributed by atoms with E-state index in [1.807, 2.05) is 11.4 Å². The number of thiophene rings is 1. The summed E-state index contributed by atoms with van der Waals surface area (Å²) >= 11 is 15.0. The Morgan fingerprint density at radius 3 is 2.62 bits per heavy atom. The first-order chi connectivity index (χ1) is 7.58. The molecule has 0 amide bonds. The average Bonchev–Trinajstić information content (AvgIpc) is 2.62. The van der Waals surface area contributed by atoms with E-state index in [1.54, 1.807) is 11.3 Å². The highest BCUT2D eigenvalue weighted by molar-refractivity contribution is 9.10. The largest absolute Gasteiger partial charge is 0.146 e. The molecule has 1 unspecified atom stereocenters. The van der Waals surface area contributed by atoms with Crippen molar-refractivity contribution in [3.8, 4) is 0 Å². The van der Waals surface area contributed by atoms with Crippen molar-refractivity contribution >= 4 is 54.8 Å². The van der Waals surface area contributed by atoms with Gasteiger partial charge in [0.2, 0.25) is 0 Å². The molecule has 84 valence electrons. The van der Waals surface area contributed by atoms with Gasteiger partial charge in [-0.1, -0.05) is 49.5 Å². The van der Waals surface area contributed by atoms with Gasteiger partial charge in [-0.3, -0.25) is 0 Å². The van der Waals surface area contributed by atoms with E-state index in [0.29, 0.717) is 0 Å². The summed E-state index contributed by atoms with van der Waals surface area (Å²) in [7, 11) is 0. The average molecular weight is 381 g/mol. The summed E-state index contributed by atoms with van der Waals surface area (Å²) in [6.45, 7) is 2.09. The molecule has 0 radical (unpaired) electrons. The summed E-state index contributed by atoms with van der Waals surface area (Å²) in [5.41, 5.74) is 2.46.